The van der Waals surface area contributed by atoms with Crippen molar-refractivity contribution in [1.82, 2.24) is 0 Å². The topological polar surface area (TPSA) is 56.9 Å². The van der Waals surface area contributed by atoms with Gasteiger partial charge in [-0.3, -0.25) is 0 Å². The number of aliphatic imine (C=N–C) groups is 1. The van der Waals surface area contributed by atoms with Gasteiger partial charge in [0.2, 0.25) is 6.08 Å². The van der Waals surface area contributed by atoms with Crippen LogP contribution in [0, 0.1) is 11.1 Å². The first-order valence-corrected chi connectivity index (χ1v) is 5.38. The first-order valence-electron chi connectivity index (χ1n) is 5.38. The Morgan fingerprint density at radius 3 is 2.20 bits per heavy atom. The predicted molar refractivity (Wildman–Crippen MR) is 58.2 cm³/mol. The van der Waals surface area contributed by atoms with Crippen molar-refractivity contribution in [2.45, 2.75) is 51.6 Å². The summed E-state index contributed by atoms with van der Waals surface area (Å²) in [4.78, 5) is 13.7. The third-order valence-electron chi connectivity index (χ3n) is 3.24. The standard InChI is InChI=1S/C11H20N2O2/c1-10(2)5-9(7-12-8-14)6-11(3,4)13(10)15/h9,13H,5-7H2,1-4H3. The van der Waals surface area contributed by atoms with Gasteiger partial charge in [0.1, 0.15) is 0 Å². The highest BCUT2D eigenvalue weighted by molar-refractivity contribution is 5.32. The molecule has 0 saturated carbocycles. The van der Waals surface area contributed by atoms with Gasteiger partial charge in [0.25, 0.3) is 0 Å². The van der Waals surface area contributed by atoms with Crippen LogP contribution in [0.25, 0.3) is 0 Å². The summed E-state index contributed by atoms with van der Waals surface area (Å²) in [6.45, 7) is 8.42. The molecule has 4 heteroatoms. The number of hydrogen-bond donors (Lipinski definition) is 1. The number of nitrogens with zero attached hydrogens (tertiary/aromatic N) is 1. The Morgan fingerprint density at radius 1 is 1.33 bits per heavy atom. The van der Waals surface area contributed by atoms with Crippen LogP contribution in [0.4, 0.5) is 0 Å². The van der Waals surface area contributed by atoms with E-state index < -0.39 is 0 Å². The lowest BCUT2D eigenvalue weighted by atomic mass is 9.75. The van der Waals surface area contributed by atoms with Gasteiger partial charge in [-0.25, -0.2) is 9.79 Å². The number of hydroxylamine groups is 2. The number of hydrogen-bond acceptors (Lipinski definition) is 3. The van der Waals surface area contributed by atoms with Gasteiger partial charge < -0.3 is 10.3 Å². The van der Waals surface area contributed by atoms with E-state index in [-0.39, 0.29) is 11.1 Å². The van der Waals surface area contributed by atoms with E-state index in [2.05, 4.69) is 4.99 Å². The van der Waals surface area contributed by atoms with Gasteiger partial charge in [0.05, 0.1) is 17.6 Å². The minimum Gasteiger partial charge on any atom is -0.634 e. The van der Waals surface area contributed by atoms with E-state index in [1.807, 2.05) is 27.7 Å². The van der Waals surface area contributed by atoms with Crippen LogP contribution in [0.1, 0.15) is 40.5 Å². The maximum Gasteiger partial charge on any atom is 0.234 e. The molecule has 86 valence electrons. The molecule has 0 amide bonds. The van der Waals surface area contributed by atoms with Gasteiger partial charge in [-0.05, 0) is 33.6 Å². The number of rotatable bonds is 2. The lowest BCUT2D eigenvalue weighted by Gasteiger charge is -2.54. The first-order chi connectivity index (χ1) is 6.79. The summed E-state index contributed by atoms with van der Waals surface area (Å²) >= 11 is 0. The van der Waals surface area contributed by atoms with E-state index in [0.29, 0.717) is 17.5 Å². The molecule has 0 aromatic rings. The molecule has 1 heterocycles. The van der Waals surface area contributed by atoms with E-state index in [4.69, 9.17) is 0 Å². The fourth-order valence-electron chi connectivity index (χ4n) is 2.91. The highest BCUT2D eigenvalue weighted by atomic mass is 16.5. The van der Waals surface area contributed by atoms with Crippen molar-refractivity contribution < 1.29 is 9.86 Å². The van der Waals surface area contributed by atoms with Gasteiger partial charge in [-0.15, -0.1) is 0 Å². The third kappa shape index (κ3) is 2.65. The van der Waals surface area contributed by atoms with E-state index in [9.17, 15) is 10.0 Å². The number of piperidine rings is 1. The fourth-order valence-corrected chi connectivity index (χ4v) is 2.91. The molecule has 0 radical (unpaired) electrons. The Bertz CT molecular complexity index is 262. The summed E-state index contributed by atoms with van der Waals surface area (Å²) in [5, 5.41) is 12.4. The van der Waals surface area contributed by atoms with Crippen molar-refractivity contribution in [2.24, 2.45) is 10.9 Å². The molecular formula is C11H20N2O2. The highest BCUT2D eigenvalue weighted by Crippen LogP contribution is 2.28. The van der Waals surface area contributed by atoms with Crippen LogP contribution >= 0.6 is 0 Å². The molecule has 0 aliphatic carbocycles. The van der Waals surface area contributed by atoms with Gasteiger partial charge in [-0.1, -0.05) is 0 Å². The Balaban J connectivity index is 2.79. The molecule has 0 aromatic heterocycles. The van der Waals surface area contributed by atoms with Crippen LogP contribution in [0.3, 0.4) is 0 Å². The molecule has 0 bridgehead atoms. The summed E-state index contributed by atoms with van der Waals surface area (Å²) < 4.78 is 0. The Hall–Kier alpha value is -0.700. The zero-order valence-corrected chi connectivity index (χ0v) is 9.96. The maximum absolute atomic E-state index is 12.1. The minimum atomic E-state index is -0.287. The van der Waals surface area contributed by atoms with Crippen LogP contribution < -0.4 is 5.06 Å². The average molecular weight is 212 g/mol. The van der Waals surface area contributed by atoms with Crippen molar-refractivity contribution in [3.05, 3.63) is 5.21 Å². The number of carbonyl (C=O) groups excluding carboxylic acids is 1. The Kier molecular flexibility index (Phi) is 3.34. The number of nitrogens with one attached hydrogen (secondary N) is 1. The lowest BCUT2D eigenvalue weighted by Crippen LogP contribution is -3.23. The monoisotopic (exact) mass is 212 g/mol. The van der Waals surface area contributed by atoms with Crippen LogP contribution in [0.5, 0.6) is 0 Å². The van der Waals surface area contributed by atoms with Crippen molar-refractivity contribution in [2.75, 3.05) is 6.54 Å². The molecule has 0 spiro atoms. The molecule has 4 nitrogen and oxygen atoms in total. The van der Waals surface area contributed by atoms with Crippen LogP contribution in [0.15, 0.2) is 4.99 Å². The Morgan fingerprint density at radius 2 is 1.80 bits per heavy atom. The molecule has 1 aliphatic rings. The maximum atomic E-state index is 12.1. The van der Waals surface area contributed by atoms with E-state index >= 15 is 0 Å². The molecular weight excluding hydrogens is 192 g/mol. The molecule has 0 aromatic carbocycles. The molecule has 1 aliphatic heterocycles. The van der Waals surface area contributed by atoms with Crippen molar-refractivity contribution in [1.29, 1.82) is 0 Å². The van der Waals surface area contributed by atoms with Gasteiger partial charge in [0.15, 0.2) is 0 Å². The summed E-state index contributed by atoms with van der Waals surface area (Å²) in [5.74, 6) is 0.328. The molecule has 1 rings (SSSR count). The van der Waals surface area contributed by atoms with Crippen LogP contribution in [-0.2, 0) is 4.79 Å². The van der Waals surface area contributed by atoms with Crippen molar-refractivity contribution >= 4 is 6.08 Å². The highest BCUT2D eigenvalue weighted by Gasteiger charge is 2.44. The smallest absolute Gasteiger partial charge is 0.234 e. The second-order valence-electron chi connectivity index (χ2n) is 5.80. The third-order valence-corrected chi connectivity index (χ3v) is 3.24. The quantitative estimate of drug-likeness (QED) is 0.415. The molecule has 1 N–H and O–H groups in total. The summed E-state index contributed by atoms with van der Waals surface area (Å²) in [5.41, 5.74) is -0.574. The van der Waals surface area contributed by atoms with Gasteiger partial charge in [0, 0.05) is 12.8 Å². The summed E-state index contributed by atoms with van der Waals surface area (Å²) in [7, 11) is 0. The predicted octanol–water partition coefficient (Wildman–Crippen LogP) is 0.672. The zero-order chi connectivity index (χ0) is 11.7. The molecule has 15 heavy (non-hydrogen) atoms. The summed E-state index contributed by atoms with van der Waals surface area (Å²) in [6.07, 6.45) is 3.21. The van der Waals surface area contributed by atoms with Gasteiger partial charge >= 0.3 is 0 Å². The average Bonchev–Trinajstić information content (AvgIpc) is 2.10. The van der Waals surface area contributed by atoms with Crippen molar-refractivity contribution in [3.63, 3.8) is 0 Å². The largest absolute Gasteiger partial charge is 0.634 e. The zero-order valence-electron chi connectivity index (χ0n) is 9.96. The molecule has 1 saturated heterocycles. The molecule has 1 fully saturated rings. The van der Waals surface area contributed by atoms with E-state index in [0.717, 1.165) is 12.8 Å². The lowest BCUT2D eigenvalue weighted by molar-refractivity contribution is -0.956. The Labute approximate surface area is 90.9 Å². The van der Waals surface area contributed by atoms with E-state index in [1.54, 1.807) is 6.08 Å². The minimum absolute atomic E-state index is 0.287. The first kappa shape index (κ1) is 12.4. The second kappa shape index (κ2) is 4.05. The number of isocyanates is 1. The van der Waals surface area contributed by atoms with Crippen LogP contribution in [-0.4, -0.2) is 23.7 Å². The summed E-state index contributed by atoms with van der Waals surface area (Å²) in [6, 6.07) is 0. The molecule has 0 atom stereocenters. The fraction of sp³-hybridized carbons (Fsp3) is 0.909. The molecule has 0 unspecified atom stereocenters. The normalized spacial score (nSPS) is 33.1. The second-order valence-corrected chi connectivity index (χ2v) is 5.80. The van der Waals surface area contributed by atoms with E-state index in [1.165, 1.54) is 0 Å². The van der Waals surface area contributed by atoms with Crippen molar-refractivity contribution in [3.8, 4) is 0 Å². The number of quaternary nitrogens is 1. The SMILES string of the molecule is CC1(C)CC(CN=C=O)CC(C)(C)[NH+]1[O-]. The van der Waals surface area contributed by atoms with Crippen LogP contribution in [0.2, 0.25) is 0 Å². The van der Waals surface area contributed by atoms with Gasteiger partial charge in [-0.2, -0.15) is 0 Å².